The minimum Gasteiger partial charge on any atom is -0.293 e. The minimum absolute atomic E-state index is 0.0912. The Labute approximate surface area is 98.6 Å². The summed E-state index contributed by atoms with van der Waals surface area (Å²) in [6.07, 6.45) is -5.72. The van der Waals surface area contributed by atoms with Gasteiger partial charge in [-0.15, -0.1) is 11.3 Å². The van der Waals surface area contributed by atoms with Crippen molar-refractivity contribution >= 4 is 33.0 Å². The Kier molecular flexibility index (Phi) is 3.39. The van der Waals surface area contributed by atoms with Crippen molar-refractivity contribution < 1.29 is 26.7 Å². The molecule has 1 aromatic heterocycles. The quantitative estimate of drug-likeness (QED) is 0.612. The number of carbonyl (C=O) groups is 1. The fourth-order valence-corrected chi connectivity index (χ4v) is 2.44. The standard InChI is InChI=1S/C7H3BrF5NOS/c1-2(15)3-4(8)16-5(14-3)6(9,10)7(11,12)13/h1H3. The molecule has 0 aliphatic carbocycles. The molecule has 0 N–H and O–H groups in total. The van der Waals surface area contributed by atoms with E-state index in [0.717, 1.165) is 6.92 Å². The number of nitrogens with zero attached hydrogens (tertiary/aromatic N) is 1. The maximum absolute atomic E-state index is 12.8. The summed E-state index contributed by atoms with van der Waals surface area (Å²) in [6.45, 7) is 1.02. The number of hydrogen-bond acceptors (Lipinski definition) is 3. The first-order valence-corrected chi connectivity index (χ1v) is 5.30. The summed E-state index contributed by atoms with van der Waals surface area (Å²) in [7, 11) is 0. The second kappa shape index (κ2) is 4.02. The summed E-state index contributed by atoms with van der Waals surface area (Å²) in [6, 6.07) is 0. The van der Waals surface area contributed by atoms with Crippen molar-refractivity contribution in [3.8, 4) is 0 Å². The number of alkyl halides is 5. The van der Waals surface area contributed by atoms with Crippen LogP contribution in [0.5, 0.6) is 0 Å². The molecule has 0 aromatic carbocycles. The van der Waals surface area contributed by atoms with Gasteiger partial charge in [0, 0.05) is 6.92 Å². The van der Waals surface area contributed by atoms with E-state index in [1.165, 1.54) is 0 Å². The van der Waals surface area contributed by atoms with Gasteiger partial charge in [-0.3, -0.25) is 4.79 Å². The van der Waals surface area contributed by atoms with E-state index in [0.29, 0.717) is 0 Å². The van der Waals surface area contributed by atoms with Crippen molar-refractivity contribution in [1.82, 2.24) is 4.98 Å². The second-order valence-electron chi connectivity index (χ2n) is 2.77. The molecular formula is C7H3BrF5NOS. The van der Waals surface area contributed by atoms with Gasteiger partial charge in [-0.25, -0.2) is 4.98 Å². The predicted octanol–water partition coefficient (Wildman–Crippen LogP) is 3.76. The Morgan fingerprint density at radius 2 is 1.81 bits per heavy atom. The summed E-state index contributed by atoms with van der Waals surface area (Å²) in [5.74, 6) is -5.74. The van der Waals surface area contributed by atoms with Crippen LogP contribution in [-0.4, -0.2) is 16.9 Å². The van der Waals surface area contributed by atoms with Crippen molar-refractivity contribution in [3.05, 3.63) is 14.5 Å². The highest BCUT2D eigenvalue weighted by Crippen LogP contribution is 2.46. The van der Waals surface area contributed by atoms with Crippen molar-refractivity contribution in [2.24, 2.45) is 0 Å². The summed E-state index contributed by atoms with van der Waals surface area (Å²) < 4.78 is 61.4. The third-order valence-electron chi connectivity index (χ3n) is 1.54. The Balaban J connectivity index is 3.26. The van der Waals surface area contributed by atoms with Gasteiger partial charge in [0.2, 0.25) is 0 Å². The number of carbonyl (C=O) groups excluding carboxylic acids is 1. The third kappa shape index (κ3) is 2.24. The molecule has 9 heteroatoms. The van der Waals surface area contributed by atoms with E-state index in [1.54, 1.807) is 0 Å². The van der Waals surface area contributed by atoms with Gasteiger partial charge in [0.1, 0.15) is 9.48 Å². The minimum atomic E-state index is -5.72. The van der Waals surface area contributed by atoms with Gasteiger partial charge in [-0.1, -0.05) is 0 Å². The molecule has 0 amide bonds. The zero-order chi connectivity index (χ0) is 12.7. The predicted molar refractivity (Wildman–Crippen MR) is 49.8 cm³/mol. The first-order valence-electron chi connectivity index (χ1n) is 3.69. The van der Waals surface area contributed by atoms with E-state index in [4.69, 9.17) is 0 Å². The molecule has 0 aliphatic heterocycles. The van der Waals surface area contributed by atoms with Gasteiger partial charge in [0.05, 0.1) is 0 Å². The smallest absolute Gasteiger partial charge is 0.293 e. The lowest BCUT2D eigenvalue weighted by atomic mass is 10.3. The normalized spacial score (nSPS) is 12.9. The number of ketones is 1. The summed E-state index contributed by atoms with van der Waals surface area (Å²) in [5.41, 5.74) is -0.427. The Bertz CT molecular complexity index is 427. The number of Topliss-reactive ketones (excluding diaryl/α,β-unsaturated/α-hetero) is 1. The average Bonchev–Trinajstić information content (AvgIpc) is 2.45. The van der Waals surface area contributed by atoms with Gasteiger partial charge in [0.25, 0.3) is 0 Å². The number of thiazole rings is 1. The lowest BCUT2D eigenvalue weighted by Crippen LogP contribution is -2.33. The monoisotopic (exact) mass is 323 g/mol. The average molecular weight is 324 g/mol. The molecule has 0 spiro atoms. The van der Waals surface area contributed by atoms with Crippen LogP contribution in [0.3, 0.4) is 0 Å². The molecule has 1 rings (SSSR count). The van der Waals surface area contributed by atoms with Crippen LogP contribution < -0.4 is 0 Å². The highest BCUT2D eigenvalue weighted by atomic mass is 79.9. The maximum Gasteiger partial charge on any atom is 0.460 e. The molecule has 1 heterocycles. The van der Waals surface area contributed by atoms with Crippen LogP contribution in [0.1, 0.15) is 22.4 Å². The number of halogens is 6. The highest BCUT2D eigenvalue weighted by molar-refractivity contribution is 9.11. The summed E-state index contributed by atoms with van der Waals surface area (Å²) in [5, 5.41) is -1.45. The molecule has 0 saturated carbocycles. The highest BCUT2D eigenvalue weighted by Gasteiger charge is 2.61. The molecule has 0 aliphatic rings. The first-order chi connectivity index (χ1) is 7.07. The van der Waals surface area contributed by atoms with Crippen molar-refractivity contribution in [2.75, 3.05) is 0 Å². The number of aromatic nitrogens is 1. The van der Waals surface area contributed by atoms with Crippen LogP contribution in [0.15, 0.2) is 3.79 Å². The molecule has 0 unspecified atom stereocenters. The van der Waals surface area contributed by atoms with Crippen LogP contribution in [0, 0.1) is 0 Å². The molecule has 0 fully saturated rings. The topological polar surface area (TPSA) is 30.0 Å². The third-order valence-corrected chi connectivity index (χ3v) is 3.32. The first kappa shape index (κ1) is 13.5. The van der Waals surface area contributed by atoms with Crippen LogP contribution in [0.2, 0.25) is 0 Å². The summed E-state index contributed by atoms with van der Waals surface area (Å²) in [4.78, 5) is 13.8. The molecule has 16 heavy (non-hydrogen) atoms. The van der Waals surface area contributed by atoms with Gasteiger partial charge < -0.3 is 0 Å². The number of hydrogen-bond donors (Lipinski definition) is 0. The van der Waals surface area contributed by atoms with Crippen LogP contribution in [-0.2, 0) is 5.92 Å². The van der Waals surface area contributed by atoms with E-state index < -0.39 is 28.6 Å². The molecule has 90 valence electrons. The van der Waals surface area contributed by atoms with Crippen molar-refractivity contribution in [2.45, 2.75) is 19.0 Å². The van der Waals surface area contributed by atoms with Gasteiger partial charge in [0.15, 0.2) is 10.8 Å². The molecule has 0 atom stereocenters. The van der Waals surface area contributed by atoms with E-state index in [2.05, 4.69) is 20.9 Å². The Morgan fingerprint density at radius 1 is 1.31 bits per heavy atom. The number of rotatable bonds is 2. The van der Waals surface area contributed by atoms with Crippen molar-refractivity contribution in [3.63, 3.8) is 0 Å². The Hall–Kier alpha value is -0.570. The van der Waals surface area contributed by atoms with E-state index >= 15 is 0 Å². The zero-order valence-electron chi connectivity index (χ0n) is 7.53. The van der Waals surface area contributed by atoms with E-state index in [9.17, 15) is 26.7 Å². The molecule has 0 saturated heterocycles. The Morgan fingerprint density at radius 3 is 2.12 bits per heavy atom. The fraction of sp³-hybridized carbons (Fsp3) is 0.429. The van der Waals surface area contributed by atoms with E-state index in [1.807, 2.05) is 0 Å². The zero-order valence-corrected chi connectivity index (χ0v) is 9.93. The molecular weight excluding hydrogens is 321 g/mol. The maximum atomic E-state index is 12.8. The van der Waals surface area contributed by atoms with Gasteiger partial charge in [-0.05, 0) is 15.9 Å². The van der Waals surface area contributed by atoms with Gasteiger partial charge >= 0.3 is 12.1 Å². The summed E-state index contributed by atoms with van der Waals surface area (Å²) >= 11 is 2.80. The fourth-order valence-electron chi connectivity index (χ4n) is 0.774. The lowest BCUT2D eigenvalue weighted by molar-refractivity contribution is -0.289. The molecule has 0 bridgehead atoms. The largest absolute Gasteiger partial charge is 0.460 e. The van der Waals surface area contributed by atoms with Crippen LogP contribution >= 0.6 is 27.3 Å². The van der Waals surface area contributed by atoms with Crippen LogP contribution in [0.4, 0.5) is 22.0 Å². The molecule has 1 aromatic rings. The SMILES string of the molecule is CC(=O)c1nc(C(F)(F)C(F)(F)F)sc1Br. The van der Waals surface area contributed by atoms with E-state index in [-0.39, 0.29) is 15.1 Å². The molecule has 2 nitrogen and oxygen atoms in total. The van der Waals surface area contributed by atoms with Crippen LogP contribution in [0.25, 0.3) is 0 Å². The molecule has 0 radical (unpaired) electrons. The lowest BCUT2D eigenvalue weighted by Gasteiger charge is -2.16. The van der Waals surface area contributed by atoms with Gasteiger partial charge in [-0.2, -0.15) is 22.0 Å². The van der Waals surface area contributed by atoms with Crippen molar-refractivity contribution in [1.29, 1.82) is 0 Å². The second-order valence-corrected chi connectivity index (χ2v) is 5.09.